The maximum Gasteiger partial charge on any atom is 0.123 e. The van der Waals surface area contributed by atoms with Crippen molar-refractivity contribution in [1.82, 2.24) is 9.78 Å². The number of benzene rings is 2. The second-order valence-corrected chi connectivity index (χ2v) is 4.71. The second kappa shape index (κ2) is 5.47. The van der Waals surface area contributed by atoms with E-state index in [1.807, 2.05) is 36.5 Å². The van der Waals surface area contributed by atoms with E-state index >= 15 is 0 Å². The Hall–Kier alpha value is -2.13. The van der Waals surface area contributed by atoms with Crippen LogP contribution in [0.15, 0.2) is 60.9 Å². The zero-order chi connectivity index (χ0) is 13.9. The van der Waals surface area contributed by atoms with Gasteiger partial charge in [0.1, 0.15) is 5.82 Å². The number of alkyl halides is 1. The van der Waals surface area contributed by atoms with Gasteiger partial charge >= 0.3 is 0 Å². The number of rotatable bonds is 3. The number of aromatic nitrogens is 2. The molecule has 0 aliphatic heterocycles. The van der Waals surface area contributed by atoms with E-state index in [9.17, 15) is 4.39 Å². The van der Waals surface area contributed by atoms with Gasteiger partial charge in [-0.25, -0.2) is 9.07 Å². The Morgan fingerprint density at radius 2 is 1.85 bits per heavy atom. The highest BCUT2D eigenvalue weighted by Crippen LogP contribution is 2.22. The molecule has 3 aromatic rings. The van der Waals surface area contributed by atoms with E-state index in [2.05, 4.69) is 5.10 Å². The molecule has 0 radical (unpaired) electrons. The predicted molar refractivity (Wildman–Crippen MR) is 78.5 cm³/mol. The lowest BCUT2D eigenvalue weighted by Gasteiger charge is -2.06. The molecule has 3 rings (SSSR count). The highest BCUT2D eigenvalue weighted by atomic mass is 35.5. The third kappa shape index (κ3) is 2.45. The molecule has 0 spiro atoms. The van der Waals surface area contributed by atoms with Gasteiger partial charge in [0, 0.05) is 17.6 Å². The van der Waals surface area contributed by atoms with Gasteiger partial charge in [-0.1, -0.05) is 30.3 Å². The maximum atomic E-state index is 13.2. The van der Waals surface area contributed by atoms with Crippen LogP contribution in [-0.2, 0) is 5.88 Å². The minimum Gasteiger partial charge on any atom is -0.240 e. The van der Waals surface area contributed by atoms with Gasteiger partial charge in [0.15, 0.2) is 0 Å². The van der Waals surface area contributed by atoms with E-state index in [-0.39, 0.29) is 11.7 Å². The number of halogens is 2. The molecule has 0 bridgehead atoms. The van der Waals surface area contributed by atoms with E-state index in [0.29, 0.717) is 0 Å². The summed E-state index contributed by atoms with van der Waals surface area (Å²) in [6.07, 6.45) is 3.70. The molecule has 0 aliphatic rings. The predicted octanol–water partition coefficient (Wildman–Crippen LogP) is 4.42. The molecule has 2 aromatic carbocycles. The fraction of sp³-hybridized carbons (Fsp3) is 0.0625. The molecule has 2 nitrogen and oxygen atoms in total. The van der Waals surface area contributed by atoms with Crippen molar-refractivity contribution in [2.75, 3.05) is 0 Å². The zero-order valence-corrected chi connectivity index (χ0v) is 11.4. The summed E-state index contributed by atoms with van der Waals surface area (Å²) in [6, 6.07) is 14.5. The average molecular weight is 287 g/mol. The summed E-state index contributed by atoms with van der Waals surface area (Å²) in [5, 5.41) is 4.34. The molecule has 1 aromatic heterocycles. The Morgan fingerprint density at radius 1 is 1.05 bits per heavy atom. The SMILES string of the molecule is Fc1ccc(-n2cc(-c3ccccc3)cn2)c(CCl)c1. The molecule has 0 saturated heterocycles. The summed E-state index contributed by atoms with van der Waals surface area (Å²) < 4.78 is 15.0. The average Bonchev–Trinajstić information content (AvgIpc) is 2.97. The van der Waals surface area contributed by atoms with Gasteiger partial charge in [-0.2, -0.15) is 5.10 Å². The normalized spacial score (nSPS) is 10.7. The molecule has 1 heterocycles. The molecular formula is C16H12ClFN2. The van der Waals surface area contributed by atoms with Gasteiger partial charge in [0.05, 0.1) is 11.9 Å². The fourth-order valence-electron chi connectivity index (χ4n) is 2.12. The Morgan fingerprint density at radius 3 is 2.60 bits per heavy atom. The van der Waals surface area contributed by atoms with Crippen LogP contribution in [0.2, 0.25) is 0 Å². The topological polar surface area (TPSA) is 17.8 Å². The molecule has 0 atom stereocenters. The Labute approximate surface area is 121 Å². The molecular weight excluding hydrogens is 275 g/mol. The molecule has 0 unspecified atom stereocenters. The van der Waals surface area contributed by atoms with Crippen LogP contribution in [0.3, 0.4) is 0 Å². The van der Waals surface area contributed by atoms with Crippen LogP contribution in [0.25, 0.3) is 16.8 Å². The first-order valence-electron chi connectivity index (χ1n) is 6.23. The van der Waals surface area contributed by atoms with Crippen LogP contribution in [-0.4, -0.2) is 9.78 Å². The number of hydrogen-bond donors (Lipinski definition) is 0. The van der Waals surface area contributed by atoms with Gasteiger partial charge < -0.3 is 0 Å². The van der Waals surface area contributed by atoms with Crippen molar-refractivity contribution in [2.45, 2.75) is 5.88 Å². The summed E-state index contributed by atoms with van der Waals surface area (Å²) >= 11 is 5.87. The van der Waals surface area contributed by atoms with Crippen molar-refractivity contribution in [3.63, 3.8) is 0 Å². The number of nitrogens with zero attached hydrogens (tertiary/aromatic N) is 2. The third-order valence-corrected chi connectivity index (χ3v) is 3.41. The first kappa shape index (κ1) is 12.9. The van der Waals surface area contributed by atoms with Crippen LogP contribution < -0.4 is 0 Å². The Kier molecular flexibility index (Phi) is 3.52. The van der Waals surface area contributed by atoms with Crippen molar-refractivity contribution in [3.05, 3.63) is 72.3 Å². The second-order valence-electron chi connectivity index (χ2n) is 4.45. The standard InChI is InChI=1S/C16H12ClFN2/c17-9-13-8-15(18)6-7-16(13)20-11-14(10-19-20)12-4-2-1-3-5-12/h1-8,10-11H,9H2. The largest absolute Gasteiger partial charge is 0.240 e. The summed E-state index contributed by atoms with van der Waals surface area (Å²) in [7, 11) is 0. The maximum absolute atomic E-state index is 13.2. The first-order chi connectivity index (χ1) is 9.78. The third-order valence-electron chi connectivity index (χ3n) is 3.12. The molecule has 0 aliphatic carbocycles. The van der Waals surface area contributed by atoms with Crippen LogP contribution in [0.4, 0.5) is 4.39 Å². The van der Waals surface area contributed by atoms with Gasteiger partial charge in [0.25, 0.3) is 0 Å². The summed E-state index contributed by atoms with van der Waals surface area (Å²) in [5.41, 5.74) is 3.61. The van der Waals surface area contributed by atoms with Crippen molar-refractivity contribution in [2.24, 2.45) is 0 Å². The van der Waals surface area contributed by atoms with Crippen molar-refractivity contribution < 1.29 is 4.39 Å². The quantitative estimate of drug-likeness (QED) is 0.652. The van der Waals surface area contributed by atoms with Gasteiger partial charge in [-0.3, -0.25) is 0 Å². The summed E-state index contributed by atoms with van der Waals surface area (Å²) in [4.78, 5) is 0. The first-order valence-corrected chi connectivity index (χ1v) is 6.76. The lowest BCUT2D eigenvalue weighted by Crippen LogP contribution is -1.99. The van der Waals surface area contributed by atoms with E-state index in [0.717, 1.165) is 22.4 Å². The van der Waals surface area contributed by atoms with Gasteiger partial charge in [0.2, 0.25) is 0 Å². The highest BCUT2D eigenvalue weighted by molar-refractivity contribution is 6.17. The summed E-state index contributed by atoms with van der Waals surface area (Å²) in [5.74, 6) is -0.0481. The van der Waals surface area contributed by atoms with Crippen molar-refractivity contribution >= 4 is 11.6 Å². The van der Waals surface area contributed by atoms with Crippen molar-refractivity contribution in [1.29, 1.82) is 0 Å². The van der Waals surface area contributed by atoms with Gasteiger partial charge in [-0.05, 0) is 29.3 Å². The van der Waals surface area contributed by atoms with E-state index in [1.165, 1.54) is 12.1 Å². The molecule has 100 valence electrons. The fourth-order valence-corrected chi connectivity index (χ4v) is 2.33. The minimum absolute atomic E-state index is 0.244. The molecule has 0 N–H and O–H groups in total. The van der Waals surface area contributed by atoms with Crippen LogP contribution in [0.5, 0.6) is 0 Å². The van der Waals surface area contributed by atoms with E-state index in [1.54, 1.807) is 16.9 Å². The minimum atomic E-state index is -0.292. The van der Waals surface area contributed by atoms with E-state index in [4.69, 9.17) is 11.6 Å². The van der Waals surface area contributed by atoms with Crippen LogP contribution in [0, 0.1) is 5.82 Å². The lowest BCUT2D eigenvalue weighted by atomic mass is 10.1. The van der Waals surface area contributed by atoms with Crippen LogP contribution in [0.1, 0.15) is 5.56 Å². The molecule has 0 saturated carbocycles. The lowest BCUT2D eigenvalue weighted by molar-refractivity contribution is 0.625. The highest BCUT2D eigenvalue weighted by Gasteiger charge is 2.08. The Balaban J connectivity index is 2.02. The van der Waals surface area contributed by atoms with Crippen LogP contribution >= 0.6 is 11.6 Å². The zero-order valence-electron chi connectivity index (χ0n) is 10.6. The molecule has 4 heteroatoms. The van der Waals surface area contributed by atoms with Crippen molar-refractivity contribution in [3.8, 4) is 16.8 Å². The molecule has 20 heavy (non-hydrogen) atoms. The van der Waals surface area contributed by atoms with Gasteiger partial charge in [-0.15, -0.1) is 11.6 Å². The monoisotopic (exact) mass is 286 g/mol. The number of hydrogen-bond acceptors (Lipinski definition) is 1. The van der Waals surface area contributed by atoms with E-state index < -0.39 is 0 Å². The molecule has 0 amide bonds. The Bertz CT molecular complexity index is 722. The summed E-state index contributed by atoms with van der Waals surface area (Å²) in [6.45, 7) is 0. The molecule has 0 fully saturated rings. The smallest absolute Gasteiger partial charge is 0.123 e.